The molecule has 0 saturated carbocycles. The van der Waals surface area contributed by atoms with Crippen molar-refractivity contribution in [3.05, 3.63) is 53.9 Å². The maximum absolute atomic E-state index is 5.20. The van der Waals surface area contributed by atoms with Gasteiger partial charge in [-0.3, -0.25) is 0 Å². The number of benzene rings is 1. The van der Waals surface area contributed by atoms with Gasteiger partial charge in [-0.2, -0.15) is 0 Å². The summed E-state index contributed by atoms with van der Waals surface area (Å²) in [7, 11) is 1.70. The number of hydrogen-bond donors (Lipinski definition) is 1. The van der Waals surface area contributed by atoms with E-state index < -0.39 is 0 Å². The highest BCUT2D eigenvalue weighted by molar-refractivity contribution is 5.32. The molecule has 1 unspecified atom stereocenters. The van der Waals surface area contributed by atoms with Crippen LogP contribution in [0.2, 0.25) is 0 Å². The summed E-state index contributed by atoms with van der Waals surface area (Å²) in [5.74, 6) is 0.917. The fraction of sp³-hybridized carbons (Fsp3) is 0.286. The molecule has 1 aliphatic rings. The van der Waals surface area contributed by atoms with E-state index in [9.17, 15) is 0 Å². The van der Waals surface area contributed by atoms with Gasteiger partial charge in [0, 0.05) is 11.8 Å². The first-order valence-corrected chi connectivity index (χ1v) is 6.01. The molecule has 3 rings (SSSR count). The molecule has 0 amide bonds. The summed E-state index contributed by atoms with van der Waals surface area (Å²) in [6.07, 6.45) is 2.17. The third-order valence-electron chi connectivity index (χ3n) is 3.43. The monoisotopic (exact) mass is 229 g/mol. The van der Waals surface area contributed by atoms with Crippen molar-refractivity contribution >= 4 is 0 Å². The first kappa shape index (κ1) is 10.4. The number of methoxy groups -OCH3 is 1. The molecule has 1 aromatic heterocycles. The van der Waals surface area contributed by atoms with Crippen molar-refractivity contribution in [1.82, 2.24) is 4.57 Å². The van der Waals surface area contributed by atoms with E-state index in [0.717, 1.165) is 18.8 Å². The standard InChI is InChI=1S/C14H16N2O/c1-17-12-6-4-11(5-7-12)14-13-3-2-9-16(13)10-8-15-14/h2-7,9,14-15H,8,10H2,1H3/p+1. The average molecular weight is 229 g/mol. The molecule has 0 aliphatic carbocycles. The molecule has 0 bridgehead atoms. The minimum atomic E-state index is 0.421. The van der Waals surface area contributed by atoms with E-state index in [1.165, 1.54) is 11.3 Å². The van der Waals surface area contributed by atoms with Crippen molar-refractivity contribution in [1.29, 1.82) is 0 Å². The van der Waals surface area contributed by atoms with Gasteiger partial charge in [0.25, 0.3) is 0 Å². The molecule has 2 heterocycles. The topological polar surface area (TPSA) is 30.8 Å². The van der Waals surface area contributed by atoms with Crippen LogP contribution in [0.25, 0.3) is 0 Å². The number of quaternary nitrogens is 1. The molecule has 2 N–H and O–H groups in total. The molecule has 1 aliphatic heterocycles. The van der Waals surface area contributed by atoms with Crippen LogP contribution in [0.1, 0.15) is 17.3 Å². The number of rotatable bonds is 2. The third kappa shape index (κ3) is 1.83. The predicted octanol–water partition coefficient (Wildman–Crippen LogP) is 1.16. The van der Waals surface area contributed by atoms with Crippen LogP contribution in [0.5, 0.6) is 5.75 Å². The van der Waals surface area contributed by atoms with E-state index in [1.807, 2.05) is 12.1 Å². The van der Waals surface area contributed by atoms with Gasteiger partial charge >= 0.3 is 0 Å². The number of hydrogen-bond acceptors (Lipinski definition) is 1. The Morgan fingerprint density at radius 2 is 2.06 bits per heavy atom. The zero-order chi connectivity index (χ0) is 11.7. The van der Waals surface area contributed by atoms with E-state index in [2.05, 4.69) is 40.3 Å². The molecule has 0 saturated heterocycles. The van der Waals surface area contributed by atoms with Gasteiger partial charge in [0.2, 0.25) is 0 Å². The van der Waals surface area contributed by atoms with Crippen LogP contribution in [0.3, 0.4) is 0 Å². The molecule has 1 aromatic carbocycles. The van der Waals surface area contributed by atoms with Gasteiger partial charge in [-0.25, -0.2) is 0 Å². The van der Waals surface area contributed by atoms with Gasteiger partial charge in [0.05, 0.1) is 25.9 Å². The second-order valence-corrected chi connectivity index (χ2v) is 4.40. The largest absolute Gasteiger partial charge is 0.497 e. The van der Waals surface area contributed by atoms with E-state index in [0.29, 0.717) is 6.04 Å². The number of nitrogens with zero attached hydrogens (tertiary/aromatic N) is 1. The SMILES string of the molecule is COc1ccc(C2[NH2+]CCn3cccc32)cc1. The van der Waals surface area contributed by atoms with Gasteiger partial charge in [-0.05, 0) is 36.4 Å². The molecule has 3 nitrogen and oxygen atoms in total. The van der Waals surface area contributed by atoms with Crippen LogP contribution in [-0.4, -0.2) is 18.2 Å². The Morgan fingerprint density at radius 3 is 2.82 bits per heavy atom. The number of ether oxygens (including phenoxy) is 1. The summed E-state index contributed by atoms with van der Waals surface area (Å²) < 4.78 is 7.54. The van der Waals surface area contributed by atoms with Gasteiger partial charge in [-0.1, -0.05) is 0 Å². The second kappa shape index (κ2) is 4.26. The lowest BCUT2D eigenvalue weighted by Gasteiger charge is -2.23. The minimum absolute atomic E-state index is 0.421. The number of nitrogens with two attached hydrogens (primary N) is 1. The Hall–Kier alpha value is -1.74. The Morgan fingerprint density at radius 1 is 1.24 bits per heavy atom. The molecular formula is C14H17N2O+. The van der Waals surface area contributed by atoms with E-state index in [1.54, 1.807) is 7.11 Å². The quantitative estimate of drug-likeness (QED) is 0.823. The maximum atomic E-state index is 5.20. The highest BCUT2D eigenvalue weighted by Gasteiger charge is 2.24. The Kier molecular flexibility index (Phi) is 2.61. The second-order valence-electron chi connectivity index (χ2n) is 4.40. The molecule has 0 radical (unpaired) electrons. The molecule has 0 fully saturated rings. The normalized spacial score (nSPS) is 18.8. The van der Waals surface area contributed by atoms with Crippen molar-refractivity contribution < 1.29 is 10.1 Å². The molecular weight excluding hydrogens is 212 g/mol. The van der Waals surface area contributed by atoms with Gasteiger partial charge in [-0.15, -0.1) is 0 Å². The minimum Gasteiger partial charge on any atom is -0.497 e. The number of fused-ring (bicyclic) bond motifs is 1. The molecule has 17 heavy (non-hydrogen) atoms. The predicted molar refractivity (Wildman–Crippen MR) is 66.1 cm³/mol. The maximum Gasteiger partial charge on any atom is 0.152 e. The molecule has 1 atom stereocenters. The van der Waals surface area contributed by atoms with Crippen molar-refractivity contribution in [2.24, 2.45) is 0 Å². The van der Waals surface area contributed by atoms with Crippen LogP contribution in [-0.2, 0) is 6.54 Å². The van der Waals surface area contributed by atoms with E-state index >= 15 is 0 Å². The van der Waals surface area contributed by atoms with Gasteiger partial charge in [0.1, 0.15) is 5.75 Å². The summed E-state index contributed by atoms with van der Waals surface area (Å²) in [6, 6.07) is 13.1. The fourth-order valence-corrected chi connectivity index (χ4v) is 2.53. The molecule has 88 valence electrons. The number of aromatic nitrogens is 1. The fourth-order valence-electron chi connectivity index (χ4n) is 2.53. The highest BCUT2D eigenvalue weighted by Crippen LogP contribution is 2.22. The third-order valence-corrected chi connectivity index (χ3v) is 3.43. The lowest BCUT2D eigenvalue weighted by Crippen LogP contribution is -2.88. The van der Waals surface area contributed by atoms with Crippen LogP contribution in [0.4, 0.5) is 0 Å². The van der Waals surface area contributed by atoms with Crippen molar-refractivity contribution in [2.75, 3.05) is 13.7 Å². The van der Waals surface area contributed by atoms with Crippen LogP contribution >= 0.6 is 0 Å². The summed E-state index contributed by atoms with van der Waals surface area (Å²) in [5.41, 5.74) is 2.73. The summed E-state index contributed by atoms with van der Waals surface area (Å²) >= 11 is 0. The molecule has 3 heteroatoms. The van der Waals surface area contributed by atoms with Gasteiger partial charge in [0.15, 0.2) is 6.04 Å². The van der Waals surface area contributed by atoms with E-state index in [-0.39, 0.29) is 0 Å². The Balaban J connectivity index is 1.95. The molecule has 0 spiro atoms. The lowest BCUT2D eigenvalue weighted by molar-refractivity contribution is -0.693. The van der Waals surface area contributed by atoms with Crippen LogP contribution in [0, 0.1) is 0 Å². The zero-order valence-electron chi connectivity index (χ0n) is 9.97. The van der Waals surface area contributed by atoms with Crippen molar-refractivity contribution in [2.45, 2.75) is 12.6 Å². The Bertz CT molecular complexity index is 501. The first-order chi connectivity index (χ1) is 8.38. The molecule has 2 aromatic rings. The zero-order valence-corrected chi connectivity index (χ0v) is 9.97. The highest BCUT2D eigenvalue weighted by atomic mass is 16.5. The average Bonchev–Trinajstić information content (AvgIpc) is 2.87. The van der Waals surface area contributed by atoms with Gasteiger partial charge < -0.3 is 14.6 Å². The van der Waals surface area contributed by atoms with E-state index in [4.69, 9.17) is 4.74 Å². The Labute approximate surface area is 101 Å². The van der Waals surface area contributed by atoms with Crippen LogP contribution in [0.15, 0.2) is 42.6 Å². The van der Waals surface area contributed by atoms with Crippen LogP contribution < -0.4 is 10.1 Å². The first-order valence-electron chi connectivity index (χ1n) is 6.01. The van der Waals surface area contributed by atoms with Crippen molar-refractivity contribution in [3.63, 3.8) is 0 Å². The lowest BCUT2D eigenvalue weighted by atomic mass is 10.0. The van der Waals surface area contributed by atoms with Crippen molar-refractivity contribution in [3.8, 4) is 5.75 Å². The smallest absolute Gasteiger partial charge is 0.152 e. The summed E-state index contributed by atoms with van der Waals surface area (Å²) in [5, 5.41) is 2.40. The summed E-state index contributed by atoms with van der Waals surface area (Å²) in [4.78, 5) is 0. The summed E-state index contributed by atoms with van der Waals surface area (Å²) in [6.45, 7) is 2.24.